The molecular formula is C24H27N5O4. The van der Waals surface area contributed by atoms with Gasteiger partial charge in [0.05, 0.1) is 36.3 Å². The van der Waals surface area contributed by atoms with E-state index < -0.39 is 6.09 Å². The number of carbonyl (C=O) groups is 2. The number of rotatable bonds is 5. The summed E-state index contributed by atoms with van der Waals surface area (Å²) in [5.74, 6) is 1.46. The number of hydrogen-bond donors (Lipinski definition) is 3. The number of hydrogen-bond acceptors (Lipinski definition) is 4. The van der Waals surface area contributed by atoms with Crippen LogP contribution in [0.5, 0.6) is 5.75 Å². The van der Waals surface area contributed by atoms with Crippen LogP contribution >= 0.6 is 0 Å². The predicted octanol–water partition coefficient (Wildman–Crippen LogP) is 3.39. The van der Waals surface area contributed by atoms with Gasteiger partial charge in [0.1, 0.15) is 11.6 Å². The number of benzene rings is 2. The molecule has 9 heteroatoms. The average molecular weight is 450 g/mol. The number of imidazole rings is 1. The number of methoxy groups -OCH3 is 1. The van der Waals surface area contributed by atoms with Crippen molar-refractivity contribution in [3.63, 3.8) is 0 Å². The number of amides is 3. The minimum atomic E-state index is -0.913. The highest BCUT2D eigenvalue weighted by atomic mass is 16.5. The van der Waals surface area contributed by atoms with Gasteiger partial charge in [0.25, 0.3) is 0 Å². The predicted molar refractivity (Wildman–Crippen MR) is 122 cm³/mol. The summed E-state index contributed by atoms with van der Waals surface area (Å²) >= 11 is 0. The zero-order chi connectivity index (χ0) is 22.9. The van der Waals surface area contributed by atoms with E-state index in [2.05, 4.69) is 10.3 Å². The Balaban J connectivity index is 1.38. The van der Waals surface area contributed by atoms with E-state index >= 15 is 0 Å². The second-order valence-corrected chi connectivity index (χ2v) is 8.57. The van der Waals surface area contributed by atoms with E-state index in [1.807, 2.05) is 48.5 Å². The minimum Gasteiger partial charge on any atom is -0.497 e. The molecule has 2 fully saturated rings. The number of urea groups is 1. The summed E-state index contributed by atoms with van der Waals surface area (Å²) < 4.78 is 5.26. The smallest absolute Gasteiger partial charge is 0.407 e. The van der Waals surface area contributed by atoms with Crippen LogP contribution in [0.3, 0.4) is 0 Å². The van der Waals surface area contributed by atoms with Gasteiger partial charge in [-0.1, -0.05) is 24.3 Å². The molecule has 3 amide bonds. The zero-order valence-corrected chi connectivity index (χ0v) is 18.4. The highest BCUT2D eigenvalue weighted by Crippen LogP contribution is 2.32. The Hall–Kier alpha value is -3.75. The van der Waals surface area contributed by atoms with Crippen molar-refractivity contribution in [3.05, 3.63) is 59.9 Å². The molecule has 3 heterocycles. The number of para-hydroxylation sites is 2. The van der Waals surface area contributed by atoms with Crippen molar-refractivity contribution in [1.82, 2.24) is 25.1 Å². The van der Waals surface area contributed by atoms with Crippen LogP contribution in [0.1, 0.15) is 30.3 Å². The Morgan fingerprint density at radius 3 is 2.52 bits per heavy atom. The fourth-order valence-electron chi connectivity index (χ4n) is 5.06. The van der Waals surface area contributed by atoms with Gasteiger partial charge in [0.2, 0.25) is 0 Å². The Morgan fingerprint density at radius 1 is 1.12 bits per heavy atom. The molecule has 3 atom stereocenters. The lowest BCUT2D eigenvalue weighted by molar-refractivity contribution is 0.138. The van der Waals surface area contributed by atoms with Gasteiger partial charge in [-0.15, -0.1) is 0 Å². The average Bonchev–Trinajstić information content (AvgIpc) is 3.53. The standard InChI is InChI=1S/C24H27N5O4/c1-33-16-8-6-15(7-9-16)14-19(22-25-17-4-2-3-5-18(17)26-22)27-23(30)28-12-10-21-20(28)11-13-29(21)24(31)32/h2-9,19-21H,10-14H2,1H3,(H,25,26)(H,27,30)(H,31,32)/t19-,20?,21?/m1/s1. The van der Waals surface area contributed by atoms with Crippen molar-refractivity contribution in [2.24, 2.45) is 0 Å². The molecule has 0 aliphatic carbocycles. The number of H-pyrrole nitrogens is 1. The van der Waals surface area contributed by atoms with Crippen molar-refractivity contribution in [2.45, 2.75) is 37.4 Å². The molecule has 2 aliphatic rings. The van der Waals surface area contributed by atoms with Crippen LogP contribution in [0.4, 0.5) is 9.59 Å². The summed E-state index contributed by atoms with van der Waals surface area (Å²) in [5.41, 5.74) is 2.80. The first-order valence-electron chi connectivity index (χ1n) is 11.2. The molecule has 2 aromatic carbocycles. The van der Waals surface area contributed by atoms with Gasteiger partial charge in [0, 0.05) is 13.1 Å². The largest absolute Gasteiger partial charge is 0.497 e. The summed E-state index contributed by atoms with van der Waals surface area (Å²) in [6.45, 7) is 1.01. The third kappa shape index (κ3) is 4.06. The lowest BCUT2D eigenvalue weighted by atomic mass is 10.1. The van der Waals surface area contributed by atoms with Crippen molar-refractivity contribution in [3.8, 4) is 5.75 Å². The number of aromatic amines is 1. The monoisotopic (exact) mass is 449 g/mol. The first kappa shape index (κ1) is 21.1. The summed E-state index contributed by atoms with van der Waals surface area (Å²) in [6.07, 6.45) is 0.971. The van der Waals surface area contributed by atoms with E-state index in [1.165, 1.54) is 4.90 Å². The quantitative estimate of drug-likeness (QED) is 0.553. The van der Waals surface area contributed by atoms with Gasteiger partial charge in [-0.3, -0.25) is 0 Å². The highest BCUT2D eigenvalue weighted by Gasteiger charge is 2.46. The van der Waals surface area contributed by atoms with Crippen molar-refractivity contribution >= 4 is 23.2 Å². The van der Waals surface area contributed by atoms with Gasteiger partial charge in [0.15, 0.2) is 0 Å². The minimum absolute atomic E-state index is 0.0848. The molecule has 0 bridgehead atoms. The fourth-order valence-corrected chi connectivity index (χ4v) is 5.06. The number of carbonyl (C=O) groups excluding carboxylic acids is 1. The third-order valence-corrected chi connectivity index (χ3v) is 6.72. The maximum absolute atomic E-state index is 13.3. The summed E-state index contributed by atoms with van der Waals surface area (Å²) in [5, 5.41) is 12.6. The Kier molecular flexibility index (Phi) is 5.53. The molecule has 2 unspecified atom stereocenters. The van der Waals surface area contributed by atoms with Gasteiger partial charge in [-0.05, 0) is 49.1 Å². The van der Waals surface area contributed by atoms with Crippen molar-refractivity contribution in [1.29, 1.82) is 0 Å². The Labute approximate surface area is 191 Å². The molecule has 0 saturated carbocycles. The molecule has 1 aromatic heterocycles. The number of aromatic nitrogens is 2. The third-order valence-electron chi connectivity index (χ3n) is 6.72. The molecule has 172 valence electrons. The van der Waals surface area contributed by atoms with Crippen LogP contribution in [0.2, 0.25) is 0 Å². The SMILES string of the molecule is COc1ccc(C[C@@H](NC(=O)N2CCC3C2CCN3C(=O)O)c2nc3ccccc3[nH]2)cc1. The number of nitrogens with one attached hydrogen (secondary N) is 2. The second kappa shape index (κ2) is 8.65. The molecule has 2 aliphatic heterocycles. The van der Waals surface area contributed by atoms with Crippen LogP contribution in [0, 0.1) is 0 Å². The van der Waals surface area contributed by atoms with E-state index in [0.717, 1.165) is 22.3 Å². The Bertz CT molecular complexity index is 1130. The maximum atomic E-state index is 13.3. The molecule has 2 saturated heterocycles. The lowest BCUT2D eigenvalue weighted by Crippen LogP contribution is -2.46. The molecule has 9 nitrogen and oxygen atoms in total. The fraction of sp³-hybridized carbons (Fsp3) is 0.375. The molecule has 33 heavy (non-hydrogen) atoms. The van der Waals surface area contributed by atoms with Gasteiger partial charge >= 0.3 is 12.1 Å². The maximum Gasteiger partial charge on any atom is 0.407 e. The summed E-state index contributed by atoms with van der Waals surface area (Å²) in [4.78, 5) is 36.2. The van der Waals surface area contributed by atoms with E-state index in [0.29, 0.717) is 38.2 Å². The zero-order valence-electron chi connectivity index (χ0n) is 18.4. The first-order chi connectivity index (χ1) is 16.0. The van der Waals surface area contributed by atoms with E-state index in [4.69, 9.17) is 9.72 Å². The highest BCUT2D eigenvalue weighted by molar-refractivity contribution is 5.77. The second-order valence-electron chi connectivity index (χ2n) is 8.57. The molecule has 3 N–H and O–H groups in total. The first-order valence-corrected chi connectivity index (χ1v) is 11.2. The van der Waals surface area contributed by atoms with Gasteiger partial charge in [-0.25, -0.2) is 14.6 Å². The summed E-state index contributed by atoms with van der Waals surface area (Å²) in [6, 6.07) is 14.8. The topological polar surface area (TPSA) is 111 Å². The van der Waals surface area contributed by atoms with Crippen LogP contribution in [-0.2, 0) is 6.42 Å². The number of likely N-dealkylation sites (tertiary alicyclic amines) is 2. The van der Waals surface area contributed by atoms with E-state index in [-0.39, 0.29) is 24.2 Å². The van der Waals surface area contributed by atoms with Crippen LogP contribution in [0.25, 0.3) is 11.0 Å². The van der Waals surface area contributed by atoms with Gasteiger partial charge < -0.3 is 29.9 Å². The normalized spacial score (nSPS) is 20.6. The van der Waals surface area contributed by atoms with E-state index in [1.54, 1.807) is 12.0 Å². The Morgan fingerprint density at radius 2 is 1.82 bits per heavy atom. The lowest BCUT2D eigenvalue weighted by Gasteiger charge is -2.27. The van der Waals surface area contributed by atoms with Crippen LogP contribution in [0.15, 0.2) is 48.5 Å². The molecular weight excluding hydrogens is 422 g/mol. The summed E-state index contributed by atoms with van der Waals surface area (Å²) in [7, 11) is 1.63. The van der Waals surface area contributed by atoms with Crippen molar-refractivity contribution < 1.29 is 19.4 Å². The van der Waals surface area contributed by atoms with Crippen molar-refractivity contribution in [2.75, 3.05) is 20.2 Å². The number of carboxylic acid groups (broad SMARTS) is 1. The van der Waals surface area contributed by atoms with Crippen LogP contribution < -0.4 is 10.1 Å². The van der Waals surface area contributed by atoms with Gasteiger partial charge in [-0.2, -0.15) is 0 Å². The van der Waals surface area contributed by atoms with Crippen LogP contribution in [-0.4, -0.2) is 69.3 Å². The number of ether oxygens (including phenoxy) is 1. The number of nitrogens with zero attached hydrogens (tertiary/aromatic N) is 3. The van der Waals surface area contributed by atoms with E-state index in [9.17, 15) is 14.7 Å². The molecule has 5 rings (SSSR count). The molecule has 0 radical (unpaired) electrons. The molecule has 3 aromatic rings. The molecule has 0 spiro atoms. The number of fused-ring (bicyclic) bond motifs is 2.